The molecule has 0 aliphatic rings. The molecule has 0 fully saturated rings. The Morgan fingerprint density at radius 1 is 1.29 bits per heavy atom. The maximum atomic E-state index is 11.8. The molecule has 0 saturated heterocycles. The van der Waals surface area contributed by atoms with Crippen molar-refractivity contribution in [3.05, 3.63) is 35.9 Å². The maximum Gasteiger partial charge on any atom is 0.154 e. The number of hydrogen-bond acceptors (Lipinski definition) is 4. The van der Waals surface area contributed by atoms with E-state index >= 15 is 0 Å². The molecule has 0 radical (unpaired) electrons. The average molecular weight is 257 g/mol. The highest BCUT2D eigenvalue weighted by molar-refractivity contribution is 7.91. The Morgan fingerprint density at radius 2 is 1.94 bits per heavy atom. The van der Waals surface area contributed by atoms with Gasteiger partial charge in [-0.05, 0) is 12.6 Å². The highest BCUT2D eigenvalue weighted by Gasteiger charge is 2.18. The van der Waals surface area contributed by atoms with Crippen molar-refractivity contribution in [1.82, 2.24) is 5.32 Å². The molecule has 5 heteroatoms. The third-order valence-electron chi connectivity index (χ3n) is 2.57. The van der Waals surface area contributed by atoms with Crippen molar-refractivity contribution in [2.24, 2.45) is 0 Å². The van der Waals surface area contributed by atoms with Crippen LogP contribution in [0, 0.1) is 0 Å². The fourth-order valence-corrected chi connectivity index (χ4v) is 3.03. The lowest BCUT2D eigenvalue weighted by molar-refractivity contribution is 0.217. The molecule has 0 saturated carbocycles. The zero-order valence-corrected chi connectivity index (χ0v) is 11.0. The van der Waals surface area contributed by atoms with Gasteiger partial charge >= 0.3 is 0 Å². The number of ether oxygens (including phenoxy) is 1. The van der Waals surface area contributed by atoms with Gasteiger partial charge in [0.1, 0.15) is 0 Å². The molecule has 0 spiro atoms. The summed E-state index contributed by atoms with van der Waals surface area (Å²) in [6.45, 7) is 0.244. The summed E-state index contributed by atoms with van der Waals surface area (Å²) in [5.74, 6) is 0.158. The van der Waals surface area contributed by atoms with Gasteiger partial charge in [0, 0.05) is 13.2 Å². The number of rotatable bonds is 7. The van der Waals surface area contributed by atoms with Crippen LogP contribution in [0.3, 0.4) is 0 Å². The number of methoxy groups -OCH3 is 1. The molecule has 4 nitrogen and oxygen atoms in total. The van der Waals surface area contributed by atoms with Gasteiger partial charge in [0.05, 0.1) is 18.1 Å². The van der Waals surface area contributed by atoms with Crippen LogP contribution in [0.5, 0.6) is 0 Å². The standard InChI is InChI=1S/C12H19NO3S/c1-13-12(11-6-4-3-5-7-11)10-17(14,15)9-8-16-2/h3-7,12-13H,8-10H2,1-2H3. The fourth-order valence-electron chi connectivity index (χ4n) is 1.58. The molecule has 0 aliphatic heterocycles. The predicted octanol–water partition coefficient (Wildman–Crippen LogP) is 1.01. The van der Waals surface area contributed by atoms with E-state index in [1.165, 1.54) is 7.11 Å². The summed E-state index contributed by atoms with van der Waals surface area (Å²) < 4.78 is 28.4. The van der Waals surface area contributed by atoms with Gasteiger partial charge in [-0.1, -0.05) is 30.3 Å². The Hall–Kier alpha value is -0.910. The van der Waals surface area contributed by atoms with Crippen molar-refractivity contribution in [2.45, 2.75) is 6.04 Å². The van der Waals surface area contributed by atoms with E-state index < -0.39 is 9.84 Å². The van der Waals surface area contributed by atoms with Crippen molar-refractivity contribution < 1.29 is 13.2 Å². The fraction of sp³-hybridized carbons (Fsp3) is 0.500. The third kappa shape index (κ3) is 4.85. The Kier molecular flexibility index (Phi) is 5.61. The number of nitrogens with one attached hydrogen (secondary N) is 1. The molecule has 96 valence electrons. The van der Waals surface area contributed by atoms with Crippen LogP contribution < -0.4 is 5.32 Å². The van der Waals surface area contributed by atoms with Crippen LogP contribution in [0.4, 0.5) is 0 Å². The van der Waals surface area contributed by atoms with E-state index in [1.54, 1.807) is 7.05 Å². The second kappa shape index (κ2) is 6.74. The summed E-state index contributed by atoms with van der Waals surface area (Å²) in [5.41, 5.74) is 0.982. The molecule has 0 aliphatic carbocycles. The molecule has 0 bridgehead atoms. The van der Waals surface area contributed by atoms with Gasteiger partial charge < -0.3 is 10.1 Å². The summed E-state index contributed by atoms with van der Waals surface area (Å²) in [5, 5.41) is 3.03. The van der Waals surface area contributed by atoms with E-state index in [0.29, 0.717) is 0 Å². The first-order chi connectivity index (χ1) is 8.09. The summed E-state index contributed by atoms with van der Waals surface area (Å²) in [6, 6.07) is 9.40. The molecule has 1 N–H and O–H groups in total. The molecule has 0 heterocycles. The predicted molar refractivity (Wildman–Crippen MR) is 68.8 cm³/mol. The molecule has 1 rings (SSSR count). The lowest BCUT2D eigenvalue weighted by atomic mass is 10.1. The third-order valence-corrected chi connectivity index (χ3v) is 4.20. The lowest BCUT2D eigenvalue weighted by Gasteiger charge is -2.16. The molecule has 0 aromatic heterocycles. The van der Waals surface area contributed by atoms with Crippen LogP contribution in [0.1, 0.15) is 11.6 Å². The van der Waals surface area contributed by atoms with Gasteiger partial charge in [0.25, 0.3) is 0 Å². The molecule has 1 unspecified atom stereocenters. The normalized spacial score (nSPS) is 13.5. The van der Waals surface area contributed by atoms with Crippen LogP contribution in [0.2, 0.25) is 0 Å². The van der Waals surface area contributed by atoms with Crippen LogP contribution >= 0.6 is 0 Å². The SMILES string of the molecule is CNC(CS(=O)(=O)CCOC)c1ccccc1. The Morgan fingerprint density at radius 3 is 2.47 bits per heavy atom. The van der Waals surface area contributed by atoms with Crippen molar-refractivity contribution in [2.75, 3.05) is 32.3 Å². The zero-order chi connectivity index (χ0) is 12.7. The number of hydrogen-bond donors (Lipinski definition) is 1. The van der Waals surface area contributed by atoms with E-state index in [4.69, 9.17) is 4.74 Å². The number of benzene rings is 1. The van der Waals surface area contributed by atoms with Gasteiger partial charge in [-0.2, -0.15) is 0 Å². The van der Waals surface area contributed by atoms with Crippen molar-refractivity contribution in [3.8, 4) is 0 Å². The van der Waals surface area contributed by atoms with Gasteiger partial charge in [0.15, 0.2) is 9.84 Å². The number of sulfone groups is 1. The van der Waals surface area contributed by atoms with E-state index in [0.717, 1.165) is 5.56 Å². The second-order valence-electron chi connectivity index (χ2n) is 3.86. The van der Waals surface area contributed by atoms with Crippen molar-refractivity contribution in [1.29, 1.82) is 0 Å². The largest absolute Gasteiger partial charge is 0.384 e. The zero-order valence-electron chi connectivity index (χ0n) is 10.2. The quantitative estimate of drug-likeness (QED) is 0.792. The first-order valence-electron chi connectivity index (χ1n) is 5.50. The minimum absolute atomic E-state index is 0.0640. The second-order valence-corrected chi connectivity index (χ2v) is 6.09. The van der Waals surface area contributed by atoms with E-state index in [-0.39, 0.29) is 24.2 Å². The molecule has 1 aromatic carbocycles. The Labute approximate surface area is 103 Å². The van der Waals surface area contributed by atoms with Crippen molar-refractivity contribution in [3.63, 3.8) is 0 Å². The molecule has 1 aromatic rings. The smallest absolute Gasteiger partial charge is 0.154 e. The summed E-state index contributed by atoms with van der Waals surface area (Å²) in [4.78, 5) is 0. The monoisotopic (exact) mass is 257 g/mol. The summed E-state index contributed by atoms with van der Waals surface area (Å²) >= 11 is 0. The van der Waals surface area contributed by atoms with Crippen LogP contribution in [0.25, 0.3) is 0 Å². The van der Waals surface area contributed by atoms with Gasteiger partial charge in [0.2, 0.25) is 0 Å². The van der Waals surface area contributed by atoms with Gasteiger partial charge in [-0.25, -0.2) is 8.42 Å². The van der Waals surface area contributed by atoms with Gasteiger partial charge in [-0.3, -0.25) is 0 Å². The first kappa shape index (κ1) is 14.2. The molecule has 17 heavy (non-hydrogen) atoms. The molecule has 0 amide bonds. The lowest BCUT2D eigenvalue weighted by Crippen LogP contribution is -2.27. The van der Waals surface area contributed by atoms with E-state index in [9.17, 15) is 8.42 Å². The Bertz CT molecular complexity index is 417. The van der Waals surface area contributed by atoms with E-state index in [2.05, 4.69) is 5.32 Å². The maximum absolute atomic E-state index is 11.8. The first-order valence-corrected chi connectivity index (χ1v) is 7.33. The average Bonchev–Trinajstić information content (AvgIpc) is 2.35. The van der Waals surface area contributed by atoms with Crippen LogP contribution in [0.15, 0.2) is 30.3 Å². The topological polar surface area (TPSA) is 55.4 Å². The summed E-state index contributed by atoms with van der Waals surface area (Å²) in [6.07, 6.45) is 0. The molecular weight excluding hydrogens is 238 g/mol. The highest BCUT2D eigenvalue weighted by Crippen LogP contribution is 2.14. The van der Waals surface area contributed by atoms with Crippen molar-refractivity contribution >= 4 is 9.84 Å². The van der Waals surface area contributed by atoms with Crippen LogP contribution in [-0.2, 0) is 14.6 Å². The van der Waals surface area contributed by atoms with Crippen LogP contribution in [-0.4, -0.2) is 40.7 Å². The highest BCUT2D eigenvalue weighted by atomic mass is 32.2. The molecule has 1 atom stereocenters. The van der Waals surface area contributed by atoms with E-state index in [1.807, 2.05) is 30.3 Å². The Balaban J connectivity index is 2.71. The minimum Gasteiger partial charge on any atom is -0.384 e. The molecular formula is C12H19NO3S. The summed E-state index contributed by atoms with van der Waals surface area (Å²) in [7, 11) is 0.179. The minimum atomic E-state index is -3.09. The van der Waals surface area contributed by atoms with Gasteiger partial charge in [-0.15, -0.1) is 0 Å².